The zero-order valence-corrected chi connectivity index (χ0v) is 10.8. The van der Waals surface area contributed by atoms with Crippen molar-refractivity contribution in [2.75, 3.05) is 6.61 Å². The Hall–Kier alpha value is 0.200. The Balaban J connectivity index is 2.08. The average molecular weight is 308 g/mol. The first-order valence-electron chi connectivity index (χ1n) is 5.46. The molecule has 0 saturated heterocycles. The molecule has 0 radical (unpaired) electrons. The molecular formula is C11H17IO2. The van der Waals surface area contributed by atoms with Crippen LogP contribution < -0.4 is 0 Å². The number of hydrogen-bond donors (Lipinski definition) is 0. The van der Waals surface area contributed by atoms with E-state index in [1.165, 1.54) is 19.3 Å². The van der Waals surface area contributed by atoms with E-state index in [2.05, 4.69) is 22.6 Å². The molecule has 3 aliphatic rings. The minimum Gasteiger partial charge on any atom is -0.466 e. The molecule has 0 unspecified atom stereocenters. The first-order chi connectivity index (χ1) is 6.60. The molecule has 3 saturated carbocycles. The van der Waals surface area contributed by atoms with E-state index in [4.69, 9.17) is 4.74 Å². The third kappa shape index (κ3) is 1.68. The van der Waals surface area contributed by atoms with Crippen LogP contribution >= 0.6 is 22.6 Å². The van der Waals surface area contributed by atoms with Gasteiger partial charge in [-0.3, -0.25) is 4.79 Å². The van der Waals surface area contributed by atoms with E-state index in [1.807, 2.05) is 6.92 Å². The Morgan fingerprint density at radius 3 is 2.14 bits per heavy atom. The van der Waals surface area contributed by atoms with Gasteiger partial charge in [-0.25, -0.2) is 0 Å². The number of ether oxygens (including phenoxy) is 1. The summed E-state index contributed by atoms with van der Waals surface area (Å²) in [5.41, 5.74) is -0.0943. The van der Waals surface area contributed by atoms with E-state index in [1.54, 1.807) is 0 Å². The molecule has 2 bridgehead atoms. The topological polar surface area (TPSA) is 26.3 Å². The maximum atomic E-state index is 11.9. The van der Waals surface area contributed by atoms with Gasteiger partial charge in [0.15, 0.2) is 0 Å². The lowest BCUT2D eigenvalue weighted by Crippen LogP contribution is -2.47. The smallest absolute Gasteiger partial charge is 0.312 e. The van der Waals surface area contributed by atoms with Crippen LogP contribution in [0.25, 0.3) is 0 Å². The van der Waals surface area contributed by atoms with Crippen molar-refractivity contribution in [1.82, 2.24) is 0 Å². The van der Waals surface area contributed by atoms with E-state index in [-0.39, 0.29) is 11.4 Å². The second-order valence-electron chi connectivity index (χ2n) is 4.65. The first-order valence-corrected chi connectivity index (χ1v) is 6.54. The summed E-state index contributed by atoms with van der Waals surface area (Å²) in [6.07, 6.45) is 6.75. The highest BCUT2D eigenvalue weighted by atomic mass is 127. The molecule has 0 aliphatic heterocycles. The van der Waals surface area contributed by atoms with Gasteiger partial charge >= 0.3 is 5.97 Å². The van der Waals surface area contributed by atoms with Crippen LogP contribution in [0.4, 0.5) is 0 Å². The molecule has 3 heteroatoms. The third-order valence-electron chi connectivity index (χ3n) is 3.86. The molecule has 0 aromatic carbocycles. The second kappa shape index (κ2) is 3.65. The van der Waals surface area contributed by atoms with Gasteiger partial charge in [-0.15, -0.1) is 0 Å². The number of halogens is 1. The SMILES string of the molecule is CCOC(=O)C12CCC(I)(CC1)CC2. The van der Waals surface area contributed by atoms with Crippen LogP contribution in [-0.2, 0) is 9.53 Å². The molecule has 3 aliphatic carbocycles. The molecule has 0 aromatic heterocycles. The average Bonchev–Trinajstić information content (AvgIpc) is 2.20. The van der Waals surface area contributed by atoms with Crippen molar-refractivity contribution in [3.05, 3.63) is 0 Å². The van der Waals surface area contributed by atoms with Crippen LogP contribution in [-0.4, -0.2) is 16.0 Å². The van der Waals surface area contributed by atoms with Crippen molar-refractivity contribution in [2.45, 2.75) is 48.9 Å². The van der Waals surface area contributed by atoms with Gasteiger partial charge in [-0.2, -0.15) is 0 Å². The summed E-state index contributed by atoms with van der Waals surface area (Å²) in [5, 5.41) is 0. The molecule has 0 heterocycles. The predicted octanol–water partition coefficient (Wildman–Crippen LogP) is 3.08. The Labute approximate surface area is 98.9 Å². The van der Waals surface area contributed by atoms with Crippen LogP contribution in [0.15, 0.2) is 0 Å². The Morgan fingerprint density at radius 1 is 1.21 bits per heavy atom. The van der Waals surface area contributed by atoms with E-state index >= 15 is 0 Å². The van der Waals surface area contributed by atoms with Crippen LogP contribution in [0.1, 0.15) is 45.4 Å². The van der Waals surface area contributed by atoms with Gasteiger partial charge in [0.25, 0.3) is 0 Å². The standard InChI is InChI=1S/C11H17IO2/c1-2-14-9(13)10-3-6-11(12,7-4-10)8-5-10/h2-8H2,1H3. The van der Waals surface area contributed by atoms with Crippen molar-refractivity contribution < 1.29 is 9.53 Å². The Morgan fingerprint density at radius 2 is 1.71 bits per heavy atom. The molecular weight excluding hydrogens is 291 g/mol. The fourth-order valence-corrected chi connectivity index (χ4v) is 3.54. The van der Waals surface area contributed by atoms with E-state index in [9.17, 15) is 4.79 Å². The molecule has 80 valence electrons. The summed E-state index contributed by atoms with van der Waals surface area (Å²) < 4.78 is 5.70. The van der Waals surface area contributed by atoms with E-state index < -0.39 is 0 Å². The molecule has 2 nitrogen and oxygen atoms in total. The van der Waals surface area contributed by atoms with Gasteiger partial charge in [0, 0.05) is 3.42 Å². The normalized spacial score (nSPS) is 41.0. The second-order valence-corrected chi connectivity index (χ2v) is 6.94. The number of fused-ring (bicyclic) bond motifs is 3. The monoisotopic (exact) mass is 308 g/mol. The molecule has 3 fully saturated rings. The summed E-state index contributed by atoms with van der Waals surface area (Å²) in [5.74, 6) is 0.0677. The zero-order valence-electron chi connectivity index (χ0n) is 8.64. The molecule has 0 spiro atoms. The molecule has 0 atom stereocenters. The highest BCUT2D eigenvalue weighted by molar-refractivity contribution is 14.1. The number of alkyl halides is 1. The number of esters is 1. The third-order valence-corrected chi connectivity index (χ3v) is 5.48. The molecule has 0 aromatic rings. The van der Waals surface area contributed by atoms with Crippen molar-refractivity contribution >= 4 is 28.6 Å². The highest BCUT2D eigenvalue weighted by Crippen LogP contribution is 2.56. The van der Waals surface area contributed by atoms with E-state index in [0.29, 0.717) is 10.0 Å². The van der Waals surface area contributed by atoms with Crippen LogP contribution in [0.3, 0.4) is 0 Å². The number of hydrogen-bond acceptors (Lipinski definition) is 2. The summed E-state index contributed by atoms with van der Waals surface area (Å²) >= 11 is 2.59. The van der Waals surface area contributed by atoms with Gasteiger partial charge in [0.2, 0.25) is 0 Å². The molecule has 14 heavy (non-hydrogen) atoms. The maximum absolute atomic E-state index is 11.9. The van der Waals surface area contributed by atoms with Crippen molar-refractivity contribution in [2.24, 2.45) is 5.41 Å². The van der Waals surface area contributed by atoms with Crippen LogP contribution in [0, 0.1) is 5.41 Å². The number of carbonyl (C=O) groups is 1. The van der Waals surface area contributed by atoms with Gasteiger partial charge < -0.3 is 4.74 Å². The van der Waals surface area contributed by atoms with Crippen molar-refractivity contribution in [3.63, 3.8) is 0 Å². The molecule has 3 rings (SSSR count). The van der Waals surface area contributed by atoms with Crippen LogP contribution in [0.5, 0.6) is 0 Å². The number of carbonyl (C=O) groups excluding carboxylic acids is 1. The van der Waals surface area contributed by atoms with Crippen LogP contribution in [0.2, 0.25) is 0 Å². The van der Waals surface area contributed by atoms with Crippen molar-refractivity contribution in [1.29, 1.82) is 0 Å². The molecule has 0 N–H and O–H groups in total. The summed E-state index contributed by atoms with van der Waals surface area (Å²) in [6.45, 7) is 2.42. The lowest BCUT2D eigenvalue weighted by atomic mass is 9.61. The van der Waals surface area contributed by atoms with Gasteiger partial charge in [-0.1, -0.05) is 22.6 Å². The van der Waals surface area contributed by atoms with Gasteiger partial charge in [-0.05, 0) is 45.4 Å². The Kier molecular flexibility index (Phi) is 2.79. The fraction of sp³-hybridized carbons (Fsp3) is 0.909. The predicted molar refractivity (Wildman–Crippen MR) is 63.5 cm³/mol. The summed E-state index contributed by atoms with van der Waals surface area (Å²) in [7, 11) is 0. The largest absolute Gasteiger partial charge is 0.466 e. The zero-order chi connectivity index (χ0) is 10.2. The first kappa shape index (κ1) is 10.7. The highest BCUT2D eigenvalue weighted by Gasteiger charge is 2.52. The fourth-order valence-electron chi connectivity index (χ4n) is 2.73. The lowest BCUT2D eigenvalue weighted by molar-refractivity contribution is -0.161. The Bertz CT molecular complexity index is 225. The molecule has 0 amide bonds. The summed E-state index contributed by atoms with van der Waals surface area (Å²) in [6, 6.07) is 0. The quantitative estimate of drug-likeness (QED) is 0.445. The van der Waals surface area contributed by atoms with E-state index in [0.717, 1.165) is 19.3 Å². The lowest BCUT2D eigenvalue weighted by Gasteiger charge is -2.49. The summed E-state index contributed by atoms with van der Waals surface area (Å²) in [4.78, 5) is 11.9. The minimum absolute atomic E-state index is 0.0677. The minimum atomic E-state index is -0.0943. The van der Waals surface area contributed by atoms with Crippen molar-refractivity contribution in [3.8, 4) is 0 Å². The number of rotatable bonds is 2. The van der Waals surface area contributed by atoms with Gasteiger partial charge in [0.1, 0.15) is 0 Å². The van der Waals surface area contributed by atoms with Gasteiger partial charge in [0.05, 0.1) is 12.0 Å². The maximum Gasteiger partial charge on any atom is 0.312 e.